The average molecular weight is 310 g/mol. The van der Waals surface area contributed by atoms with E-state index in [0.717, 1.165) is 17.7 Å². The molecule has 5 heteroatoms. The van der Waals surface area contributed by atoms with Crippen LogP contribution in [0.15, 0.2) is 54.6 Å². The van der Waals surface area contributed by atoms with E-state index >= 15 is 0 Å². The van der Waals surface area contributed by atoms with Gasteiger partial charge in [0.15, 0.2) is 0 Å². The lowest BCUT2D eigenvalue weighted by Crippen LogP contribution is -2.43. The summed E-state index contributed by atoms with van der Waals surface area (Å²) in [6, 6.07) is 16.0. The number of rotatable bonds is 4. The van der Waals surface area contributed by atoms with Gasteiger partial charge in [-0.2, -0.15) is 0 Å². The average Bonchev–Trinajstić information content (AvgIpc) is 3.01. The van der Waals surface area contributed by atoms with Crippen molar-refractivity contribution in [3.63, 3.8) is 0 Å². The summed E-state index contributed by atoms with van der Waals surface area (Å²) in [7, 11) is 0. The van der Waals surface area contributed by atoms with Gasteiger partial charge in [0.25, 0.3) is 0 Å². The Labute approximate surface area is 134 Å². The maximum atomic E-state index is 12.0. The Kier molecular flexibility index (Phi) is 4.02. The molecule has 2 aromatic rings. The zero-order chi connectivity index (χ0) is 16.4. The van der Waals surface area contributed by atoms with Crippen LogP contribution in [0.25, 0.3) is 0 Å². The van der Waals surface area contributed by atoms with Crippen molar-refractivity contribution in [3.05, 3.63) is 65.7 Å². The summed E-state index contributed by atoms with van der Waals surface area (Å²) >= 11 is 0. The van der Waals surface area contributed by atoms with Gasteiger partial charge in [-0.15, -0.1) is 0 Å². The van der Waals surface area contributed by atoms with E-state index in [1.165, 1.54) is 0 Å². The Hall–Kier alpha value is -2.82. The molecule has 23 heavy (non-hydrogen) atoms. The van der Waals surface area contributed by atoms with Crippen LogP contribution in [0, 0.1) is 0 Å². The highest BCUT2D eigenvalue weighted by Crippen LogP contribution is 2.36. The number of aromatic carboxylic acids is 1. The highest BCUT2D eigenvalue weighted by molar-refractivity contribution is 5.89. The number of nitrogens with zero attached hydrogens (tertiary/aromatic N) is 1. The van der Waals surface area contributed by atoms with Gasteiger partial charge in [0.1, 0.15) is 6.04 Å². The summed E-state index contributed by atoms with van der Waals surface area (Å²) in [5, 5.41) is 8.98. The van der Waals surface area contributed by atoms with Gasteiger partial charge in [-0.3, -0.25) is 4.79 Å². The predicted molar refractivity (Wildman–Crippen MR) is 87.5 cm³/mol. The first-order chi connectivity index (χ1) is 11.1. The molecule has 0 aromatic heterocycles. The molecule has 1 aliphatic rings. The third-order valence-corrected chi connectivity index (χ3v) is 4.36. The molecule has 118 valence electrons. The van der Waals surface area contributed by atoms with Gasteiger partial charge >= 0.3 is 5.97 Å². The van der Waals surface area contributed by atoms with E-state index < -0.39 is 12.0 Å². The number of hydrogen-bond donors (Lipinski definition) is 2. The number of amides is 1. The molecule has 2 aromatic carbocycles. The van der Waals surface area contributed by atoms with Crippen molar-refractivity contribution in [1.82, 2.24) is 0 Å². The summed E-state index contributed by atoms with van der Waals surface area (Å²) < 4.78 is 0. The molecule has 0 spiro atoms. The molecule has 3 rings (SSSR count). The standard InChI is InChI=1S/C18H18N2O3/c19-17(21)16-15(12-4-2-1-3-5-12)10-11-20(16)14-8-6-13(7-9-14)18(22)23/h1-9,15-16H,10-11H2,(H2,19,21)(H,22,23)/t15-,16+/m1/s1. The van der Waals surface area contributed by atoms with Gasteiger partial charge in [-0.1, -0.05) is 30.3 Å². The van der Waals surface area contributed by atoms with Crippen molar-refractivity contribution < 1.29 is 14.7 Å². The molecule has 1 fully saturated rings. The summed E-state index contributed by atoms with van der Waals surface area (Å²) in [6.45, 7) is 0.708. The zero-order valence-electron chi connectivity index (χ0n) is 12.6. The fourth-order valence-electron chi connectivity index (χ4n) is 3.28. The normalized spacial score (nSPS) is 20.4. The molecule has 2 atom stereocenters. The smallest absolute Gasteiger partial charge is 0.335 e. The van der Waals surface area contributed by atoms with Crippen LogP contribution in [0.5, 0.6) is 0 Å². The van der Waals surface area contributed by atoms with E-state index in [9.17, 15) is 9.59 Å². The van der Waals surface area contributed by atoms with Crippen LogP contribution in [0.1, 0.15) is 28.3 Å². The minimum absolute atomic E-state index is 0.0489. The van der Waals surface area contributed by atoms with Crippen LogP contribution in [-0.4, -0.2) is 29.6 Å². The number of anilines is 1. The fourth-order valence-corrected chi connectivity index (χ4v) is 3.28. The minimum Gasteiger partial charge on any atom is -0.478 e. The third kappa shape index (κ3) is 2.90. The molecular formula is C18H18N2O3. The minimum atomic E-state index is -0.966. The van der Waals surface area contributed by atoms with Gasteiger partial charge in [-0.25, -0.2) is 4.79 Å². The maximum Gasteiger partial charge on any atom is 0.335 e. The number of benzene rings is 2. The second-order valence-corrected chi connectivity index (χ2v) is 5.70. The monoisotopic (exact) mass is 310 g/mol. The maximum absolute atomic E-state index is 12.0. The fraction of sp³-hybridized carbons (Fsp3) is 0.222. The molecule has 5 nitrogen and oxygen atoms in total. The number of carbonyl (C=O) groups is 2. The number of primary amides is 1. The first-order valence-corrected chi connectivity index (χ1v) is 7.52. The van der Waals surface area contributed by atoms with E-state index in [4.69, 9.17) is 10.8 Å². The second-order valence-electron chi connectivity index (χ2n) is 5.70. The van der Waals surface area contributed by atoms with Crippen LogP contribution in [0.3, 0.4) is 0 Å². The van der Waals surface area contributed by atoms with Gasteiger partial charge < -0.3 is 15.7 Å². The van der Waals surface area contributed by atoms with E-state index in [2.05, 4.69) is 0 Å². The van der Waals surface area contributed by atoms with Crippen molar-refractivity contribution in [1.29, 1.82) is 0 Å². The topological polar surface area (TPSA) is 83.6 Å². The molecule has 0 unspecified atom stereocenters. The van der Waals surface area contributed by atoms with Crippen LogP contribution < -0.4 is 10.6 Å². The van der Waals surface area contributed by atoms with Crippen molar-refractivity contribution in [2.75, 3.05) is 11.4 Å². The molecule has 1 saturated heterocycles. The lowest BCUT2D eigenvalue weighted by Gasteiger charge is -2.27. The Morgan fingerprint density at radius 1 is 1.04 bits per heavy atom. The number of carboxylic acid groups (broad SMARTS) is 1. The lowest BCUT2D eigenvalue weighted by atomic mass is 9.91. The van der Waals surface area contributed by atoms with E-state index in [-0.39, 0.29) is 17.4 Å². The van der Waals surface area contributed by atoms with E-state index in [0.29, 0.717) is 6.54 Å². The number of carbonyl (C=O) groups excluding carboxylic acids is 1. The molecule has 1 heterocycles. The predicted octanol–water partition coefficient (Wildman–Crippen LogP) is 2.23. The summed E-state index contributed by atoms with van der Waals surface area (Å²) in [5.74, 6) is -1.28. The second kappa shape index (κ2) is 6.12. The van der Waals surface area contributed by atoms with Crippen LogP contribution in [-0.2, 0) is 4.79 Å². The van der Waals surface area contributed by atoms with Crippen LogP contribution >= 0.6 is 0 Å². The summed E-state index contributed by atoms with van der Waals surface area (Å²) in [6.07, 6.45) is 0.832. The van der Waals surface area contributed by atoms with Gasteiger partial charge in [-0.05, 0) is 36.2 Å². The number of nitrogens with two attached hydrogens (primary N) is 1. The molecule has 1 aliphatic heterocycles. The molecular weight excluding hydrogens is 292 g/mol. The van der Waals surface area contributed by atoms with E-state index in [1.54, 1.807) is 24.3 Å². The van der Waals surface area contributed by atoms with Crippen molar-refractivity contribution in [2.24, 2.45) is 5.73 Å². The van der Waals surface area contributed by atoms with Crippen molar-refractivity contribution in [3.8, 4) is 0 Å². The van der Waals surface area contributed by atoms with Gasteiger partial charge in [0.2, 0.25) is 5.91 Å². The number of hydrogen-bond acceptors (Lipinski definition) is 3. The SMILES string of the molecule is NC(=O)[C@@H]1[C@@H](c2ccccc2)CCN1c1ccc(C(=O)O)cc1. The Balaban J connectivity index is 1.90. The Morgan fingerprint density at radius 2 is 1.70 bits per heavy atom. The Morgan fingerprint density at radius 3 is 2.26 bits per heavy atom. The van der Waals surface area contributed by atoms with Crippen LogP contribution in [0.2, 0.25) is 0 Å². The number of carboxylic acids is 1. The first-order valence-electron chi connectivity index (χ1n) is 7.52. The largest absolute Gasteiger partial charge is 0.478 e. The Bertz CT molecular complexity index is 713. The highest BCUT2D eigenvalue weighted by atomic mass is 16.4. The molecule has 3 N–H and O–H groups in total. The lowest BCUT2D eigenvalue weighted by molar-refractivity contribution is -0.119. The van der Waals surface area contributed by atoms with Crippen molar-refractivity contribution in [2.45, 2.75) is 18.4 Å². The van der Waals surface area contributed by atoms with E-state index in [1.807, 2.05) is 35.2 Å². The first kappa shape index (κ1) is 15.1. The summed E-state index contributed by atoms with van der Waals surface area (Å²) in [4.78, 5) is 24.9. The molecule has 0 aliphatic carbocycles. The molecule has 0 radical (unpaired) electrons. The van der Waals surface area contributed by atoms with Gasteiger partial charge in [0, 0.05) is 18.2 Å². The van der Waals surface area contributed by atoms with Crippen molar-refractivity contribution >= 4 is 17.6 Å². The van der Waals surface area contributed by atoms with Gasteiger partial charge in [0.05, 0.1) is 5.56 Å². The quantitative estimate of drug-likeness (QED) is 0.907. The molecule has 1 amide bonds. The molecule has 0 bridgehead atoms. The highest BCUT2D eigenvalue weighted by Gasteiger charge is 2.39. The zero-order valence-corrected chi connectivity index (χ0v) is 12.6. The summed E-state index contributed by atoms with van der Waals surface area (Å²) in [5.41, 5.74) is 7.80. The third-order valence-electron chi connectivity index (χ3n) is 4.36. The van der Waals surface area contributed by atoms with Crippen LogP contribution in [0.4, 0.5) is 5.69 Å². The molecule has 0 saturated carbocycles.